The molecule has 1 aromatic rings. The molecule has 0 unspecified atom stereocenters. The van der Waals surface area contributed by atoms with E-state index in [0.29, 0.717) is 5.25 Å². The van der Waals surface area contributed by atoms with Crippen LogP contribution in [0.3, 0.4) is 0 Å². The van der Waals surface area contributed by atoms with Crippen molar-refractivity contribution in [1.29, 1.82) is 0 Å². The van der Waals surface area contributed by atoms with Crippen LogP contribution in [0, 0.1) is 0 Å². The third kappa shape index (κ3) is 3.54. The molecule has 0 amide bonds. The zero-order chi connectivity index (χ0) is 11.5. The molecule has 84 valence electrons. The van der Waals surface area contributed by atoms with E-state index >= 15 is 0 Å². The van der Waals surface area contributed by atoms with Crippen molar-refractivity contribution in [3.05, 3.63) is 29.8 Å². The van der Waals surface area contributed by atoms with Crippen LogP contribution in [0.4, 0.5) is 0 Å². The Morgan fingerprint density at radius 2 is 1.67 bits per heavy atom. The van der Waals surface area contributed by atoms with Gasteiger partial charge in [0.1, 0.15) is 0 Å². The molecule has 0 aromatic heterocycles. The van der Waals surface area contributed by atoms with E-state index in [2.05, 4.69) is 57.3 Å². The van der Waals surface area contributed by atoms with E-state index in [4.69, 9.17) is 0 Å². The van der Waals surface area contributed by atoms with E-state index in [1.165, 1.54) is 10.5 Å². The summed E-state index contributed by atoms with van der Waals surface area (Å²) in [4.78, 5) is 1.35. The predicted octanol–water partition coefficient (Wildman–Crippen LogP) is 3.64. The fraction of sp³-hybridized carbons (Fsp3) is 0.538. The zero-order valence-corrected chi connectivity index (χ0v) is 11.1. The summed E-state index contributed by atoms with van der Waals surface area (Å²) in [5.74, 6) is 0. The third-order valence-electron chi connectivity index (χ3n) is 2.57. The van der Waals surface area contributed by atoms with Crippen molar-refractivity contribution < 1.29 is 0 Å². The van der Waals surface area contributed by atoms with Crippen molar-refractivity contribution in [2.24, 2.45) is 0 Å². The molecule has 2 heteroatoms. The lowest BCUT2D eigenvalue weighted by Gasteiger charge is -2.24. The Balaban J connectivity index is 2.81. The third-order valence-corrected chi connectivity index (χ3v) is 3.59. The fourth-order valence-electron chi connectivity index (χ4n) is 1.37. The van der Waals surface area contributed by atoms with Gasteiger partial charge in [-0.15, -0.1) is 11.8 Å². The van der Waals surface area contributed by atoms with Gasteiger partial charge in [0, 0.05) is 15.7 Å². The van der Waals surface area contributed by atoms with Gasteiger partial charge in [-0.05, 0) is 38.6 Å². The highest BCUT2D eigenvalue weighted by Gasteiger charge is 2.16. The summed E-state index contributed by atoms with van der Waals surface area (Å²) in [6.45, 7) is 8.82. The van der Waals surface area contributed by atoms with Crippen molar-refractivity contribution in [3.8, 4) is 0 Å². The van der Waals surface area contributed by atoms with Gasteiger partial charge in [-0.3, -0.25) is 0 Å². The molecule has 1 N–H and O–H groups in total. The molecule has 0 spiro atoms. The minimum Gasteiger partial charge on any atom is -0.311 e. The van der Waals surface area contributed by atoms with Crippen molar-refractivity contribution in [3.63, 3.8) is 0 Å². The van der Waals surface area contributed by atoms with Crippen LogP contribution in [0.1, 0.15) is 33.3 Å². The molecule has 0 saturated carbocycles. The second kappa shape index (κ2) is 5.04. The van der Waals surface area contributed by atoms with E-state index in [1.807, 2.05) is 18.8 Å². The van der Waals surface area contributed by atoms with Gasteiger partial charge in [0.15, 0.2) is 0 Å². The number of rotatable bonds is 4. The van der Waals surface area contributed by atoms with Crippen LogP contribution in [0.5, 0.6) is 0 Å². The fourth-order valence-corrected chi connectivity index (χ4v) is 2.20. The molecule has 0 aliphatic rings. The van der Waals surface area contributed by atoms with Crippen LogP contribution in [0.25, 0.3) is 0 Å². The molecule has 0 heterocycles. The van der Waals surface area contributed by atoms with Gasteiger partial charge >= 0.3 is 0 Å². The van der Waals surface area contributed by atoms with Gasteiger partial charge < -0.3 is 5.32 Å². The molecule has 1 nitrogen and oxygen atoms in total. The molecule has 0 radical (unpaired) electrons. The van der Waals surface area contributed by atoms with E-state index < -0.39 is 0 Å². The highest BCUT2D eigenvalue weighted by Crippen LogP contribution is 2.26. The topological polar surface area (TPSA) is 12.0 Å². The molecule has 1 rings (SSSR count). The first-order valence-corrected chi connectivity index (χ1v) is 6.30. The first kappa shape index (κ1) is 12.6. The molecule has 1 aromatic carbocycles. The molecule has 0 atom stereocenters. The van der Waals surface area contributed by atoms with Crippen LogP contribution in [0.2, 0.25) is 0 Å². The summed E-state index contributed by atoms with van der Waals surface area (Å²) in [6.07, 6.45) is 0. The summed E-state index contributed by atoms with van der Waals surface area (Å²) in [5, 5.41) is 3.96. The van der Waals surface area contributed by atoms with Crippen molar-refractivity contribution in [1.82, 2.24) is 5.32 Å². The zero-order valence-electron chi connectivity index (χ0n) is 10.3. The van der Waals surface area contributed by atoms with E-state index in [-0.39, 0.29) is 5.54 Å². The number of benzene rings is 1. The van der Waals surface area contributed by atoms with Gasteiger partial charge in [-0.2, -0.15) is 0 Å². The van der Waals surface area contributed by atoms with Crippen LogP contribution in [-0.4, -0.2) is 12.3 Å². The second-order valence-electron chi connectivity index (χ2n) is 4.57. The number of hydrogen-bond acceptors (Lipinski definition) is 2. The SMILES string of the molecule is CNC(C)(C)c1ccc(SC(C)C)cc1. The van der Waals surface area contributed by atoms with Gasteiger partial charge in [-0.1, -0.05) is 26.0 Å². The lowest BCUT2D eigenvalue weighted by molar-refractivity contribution is 0.444. The molecule has 0 fully saturated rings. The predicted molar refractivity (Wildman–Crippen MR) is 69.5 cm³/mol. The van der Waals surface area contributed by atoms with Gasteiger partial charge in [0.2, 0.25) is 0 Å². The Bertz CT molecular complexity index is 301. The summed E-state index contributed by atoms with van der Waals surface area (Å²) >= 11 is 1.90. The minimum absolute atomic E-state index is 0.0566. The van der Waals surface area contributed by atoms with E-state index in [1.54, 1.807) is 0 Å². The number of nitrogens with one attached hydrogen (secondary N) is 1. The lowest BCUT2D eigenvalue weighted by Crippen LogP contribution is -2.32. The standard InChI is InChI=1S/C13H21NS/c1-10(2)15-12-8-6-11(7-9-12)13(3,4)14-5/h6-10,14H,1-5H3. The molecule has 0 bridgehead atoms. The summed E-state index contributed by atoms with van der Waals surface area (Å²) in [6, 6.07) is 8.83. The van der Waals surface area contributed by atoms with E-state index in [0.717, 1.165) is 0 Å². The molecule has 0 saturated heterocycles. The summed E-state index contributed by atoms with van der Waals surface area (Å²) in [5.41, 5.74) is 1.39. The monoisotopic (exact) mass is 223 g/mol. The average molecular weight is 223 g/mol. The van der Waals surface area contributed by atoms with Crippen LogP contribution in [-0.2, 0) is 5.54 Å². The molecule has 0 aliphatic carbocycles. The van der Waals surface area contributed by atoms with Crippen LogP contribution in [0.15, 0.2) is 29.2 Å². The average Bonchev–Trinajstić information content (AvgIpc) is 2.18. The number of hydrogen-bond donors (Lipinski definition) is 1. The maximum Gasteiger partial charge on any atom is 0.0374 e. The Hall–Kier alpha value is -0.470. The minimum atomic E-state index is 0.0566. The first-order chi connectivity index (χ1) is 6.95. The lowest BCUT2D eigenvalue weighted by atomic mass is 9.95. The van der Waals surface area contributed by atoms with Gasteiger partial charge in [-0.25, -0.2) is 0 Å². The Kier molecular flexibility index (Phi) is 4.23. The maximum atomic E-state index is 3.31. The Morgan fingerprint density at radius 1 is 1.13 bits per heavy atom. The second-order valence-corrected chi connectivity index (χ2v) is 6.22. The van der Waals surface area contributed by atoms with E-state index in [9.17, 15) is 0 Å². The van der Waals surface area contributed by atoms with Crippen molar-refractivity contribution in [2.45, 2.75) is 43.4 Å². The van der Waals surface area contributed by atoms with Crippen molar-refractivity contribution in [2.75, 3.05) is 7.05 Å². The van der Waals surface area contributed by atoms with Crippen LogP contribution >= 0.6 is 11.8 Å². The first-order valence-electron chi connectivity index (χ1n) is 5.42. The molecular formula is C13H21NS. The van der Waals surface area contributed by atoms with Gasteiger partial charge in [0.05, 0.1) is 0 Å². The summed E-state index contributed by atoms with van der Waals surface area (Å²) < 4.78 is 0. The van der Waals surface area contributed by atoms with Gasteiger partial charge in [0.25, 0.3) is 0 Å². The van der Waals surface area contributed by atoms with Crippen LogP contribution < -0.4 is 5.32 Å². The highest BCUT2D eigenvalue weighted by atomic mass is 32.2. The summed E-state index contributed by atoms with van der Waals surface area (Å²) in [7, 11) is 2.00. The maximum absolute atomic E-state index is 3.31. The normalized spacial score (nSPS) is 12.1. The largest absolute Gasteiger partial charge is 0.311 e. The quantitative estimate of drug-likeness (QED) is 0.782. The van der Waals surface area contributed by atoms with Crippen molar-refractivity contribution >= 4 is 11.8 Å². The molecule has 15 heavy (non-hydrogen) atoms. The smallest absolute Gasteiger partial charge is 0.0374 e. The molecular weight excluding hydrogens is 202 g/mol. The number of thioether (sulfide) groups is 1. The molecule has 0 aliphatic heterocycles. The Morgan fingerprint density at radius 3 is 2.07 bits per heavy atom. The highest BCUT2D eigenvalue weighted by molar-refractivity contribution is 7.99. The Labute approximate surface area is 97.7 Å².